The van der Waals surface area contributed by atoms with Crippen LogP contribution in [0.15, 0.2) is 0 Å². The molecule has 0 aromatic carbocycles. The molecule has 106 valence electrons. The summed E-state index contributed by atoms with van der Waals surface area (Å²) >= 11 is 0. The SMILES string of the molecule is CCC(CC)(CO)CNC(=O)C1(C)CCNCC1. The van der Waals surface area contributed by atoms with Crippen LogP contribution in [-0.4, -0.2) is 37.3 Å². The molecule has 4 nitrogen and oxygen atoms in total. The molecule has 1 saturated heterocycles. The number of hydrogen-bond acceptors (Lipinski definition) is 3. The van der Waals surface area contributed by atoms with Gasteiger partial charge < -0.3 is 15.7 Å². The van der Waals surface area contributed by atoms with Crippen LogP contribution in [0.3, 0.4) is 0 Å². The fraction of sp³-hybridized carbons (Fsp3) is 0.929. The molecule has 1 aliphatic heterocycles. The van der Waals surface area contributed by atoms with Crippen LogP contribution in [0.1, 0.15) is 46.5 Å². The Balaban J connectivity index is 2.54. The van der Waals surface area contributed by atoms with Crippen molar-refractivity contribution in [1.82, 2.24) is 10.6 Å². The first kappa shape index (κ1) is 15.4. The van der Waals surface area contributed by atoms with Crippen molar-refractivity contribution >= 4 is 5.91 Å². The molecular formula is C14H28N2O2. The highest BCUT2D eigenvalue weighted by atomic mass is 16.3. The topological polar surface area (TPSA) is 61.4 Å². The van der Waals surface area contributed by atoms with Crippen molar-refractivity contribution in [3.63, 3.8) is 0 Å². The number of rotatable bonds is 6. The van der Waals surface area contributed by atoms with Gasteiger partial charge in [0.25, 0.3) is 0 Å². The Morgan fingerprint density at radius 3 is 2.33 bits per heavy atom. The minimum absolute atomic E-state index is 0.137. The van der Waals surface area contributed by atoms with Gasteiger partial charge in [0.05, 0.1) is 6.61 Å². The summed E-state index contributed by atoms with van der Waals surface area (Å²) in [6.45, 7) is 8.72. The molecule has 1 fully saturated rings. The summed E-state index contributed by atoms with van der Waals surface area (Å²) in [4.78, 5) is 12.3. The number of aliphatic hydroxyl groups is 1. The van der Waals surface area contributed by atoms with Crippen LogP contribution in [0.4, 0.5) is 0 Å². The molecular weight excluding hydrogens is 228 g/mol. The summed E-state index contributed by atoms with van der Waals surface area (Å²) in [5, 5.41) is 15.8. The van der Waals surface area contributed by atoms with Crippen molar-refractivity contribution in [2.45, 2.75) is 46.5 Å². The molecule has 0 unspecified atom stereocenters. The van der Waals surface area contributed by atoms with Crippen molar-refractivity contribution < 1.29 is 9.90 Å². The lowest BCUT2D eigenvalue weighted by atomic mass is 9.79. The maximum Gasteiger partial charge on any atom is 0.226 e. The number of aliphatic hydroxyl groups excluding tert-OH is 1. The third-order valence-corrected chi connectivity index (χ3v) is 4.71. The van der Waals surface area contributed by atoms with Crippen LogP contribution in [0.5, 0.6) is 0 Å². The van der Waals surface area contributed by atoms with Gasteiger partial charge in [-0.05, 0) is 38.8 Å². The van der Waals surface area contributed by atoms with E-state index in [1.807, 2.05) is 6.92 Å². The van der Waals surface area contributed by atoms with E-state index in [0.717, 1.165) is 38.8 Å². The molecule has 4 heteroatoms. The molecule has 1 aliphatic rings. The first-order chi connectivity index (χ1) is 8.52. The van der Waals surface area contributed by atoms with E-state index in [-0.39, 0.29) is 23.3 Å². The monoisotopic (exact) mass is 256 g/mol. The zero-order valence-electron chi connectivity index (χ0n) is 12.0. The Morgan fingerprint density at radius 2 is 1.89 bits per heavy atom. The van der Waals surface area contributed by atoms with Crippen molar-refractivity contribution in [2.24, 2.45) is 10.8 Å². The molecule has 1 rings (SSSR count). The zero-order valence-corrected chi connectivity index (χ0v) is 12.0. The normalized spacial score (nSPS) is 19.6. The van der Waals surface area contributed by atoms with E-state index in [1.165, 1.54) is 0 Å². The zero-order chi connectivity index (χ0) is 13.6. The predicted octanol–water partition coefficient (Wildman–Crippen LogP) is 1.29. The second-order valence-corrected chi connectivity index (χ2v) is 5.86. The maximum atomic E-state index is 12.3. The summed E-state index contributed by atoms with van der Waals surface area (Å²) in [7, 11) is 0. The highest BCUT2D eigenvalue weighted by molar-refractivity contribution is 5.82. The Morgan fingerprint density at radius 1 is 1.33 bits per heavy atom. The second-order valence-electron chi connectivity index (χ2n) is 5.86. The molecule has 0 radical (unpaired) electrons. The second kappa shape index (κ2) is 6.53. The highest BCUT2D eigenvalue weighted by Gasteiger charge is 2.35. The van der Waals surface area contributed by atoms with Gasteiger partial charge in [0.2, 0.25) is 5.91 Å². The van der Waals surface area contributed by atoms with Gasteiger partial charge >= 0.3 is 0 Å². The first-order valence-corrected chi connectivity index (χ1v) is 7.12. The Hall–Kier alpha value is -0.610. The van der Waals surface area contributed by atoms with Gasteiger partial charge in [-0.3, -0.25) is 4.79 Å². The Labute approximate surface area is 111 Å². The summed E-state index contributed by atoms with van der Waals surface area (Å²) in [5.74, 6) is 0.142. The molecule has 0 aromatic rings. The van der Waals surface area contributed by atoms with Gasteiger partial charge in [-0.1, -0.05) is 20.8 Å². The van der Waals surface area contributed by atoms with Gasteiger partial charge in [0, 0.05) is 17.4 Å². The summed E-state index contributed by atoms with van der Waals surface area (Å²) in [5.41, 5.74) is -0.396. The average Bonchev–Trinajstić information content (AvgIpc) is 2.41. The van der Waals surface area contributed by atoms with Crippen LogP contribution >= 0.6 is 0 Å². The third kappa shape index (κ3) is 3.45. The van der Waals surface area contributed by atoms with E-state index in [0.29, 0.717) is 6.54 Å². The van der Waals surface area contributed by atoms with E-state index in [4.69, 9.17) is 0 Å². The van der Waals surface area contributed by atoms with Crippen LogP contribution in [-0.2, 0) is 4.79 Å². The minimum Gasteiger partial charge on any atom is -0.396 e. The lowest BCUT2D eigenvalue weighted by Crippen LogP contribution is -2.49. The summed E-state index contributed by atoms with van der Waals surface area (Å²) in [6, 6.07) is 0. The van der Waals surface area contributed by atoms with Gasteiger partial charge in [-0.2, -0.15) is 0 Å². The van der Waals surface area contributed by atoms with Crippen LogP contribution in [0.2, 0.25) is 0 Å². The predicted molar refractivity (Wildman–Crippen MR) is 73.3 cm³/mol. The lowest BCUT2D eigenvalue weighted by molar-refractivity contribution is -0.132. The van der Waals surface area contributed by atoms with E-state index in [9.17, 15) is 9.90 Å². The number of piperidine rings is 1. The molecule has 0 saturated carbocycles. The third-order valence-electron chi connectivity index (χ3n) is 4.71. The number of carbonyl (C=O) groups is 1. The quantitative estimate of drug-likeness (QED) is 0.671. The maximum absolute atomic E-state index is 12.3. The van der Waals surface area contributed by atoms with Crippen molar-refractivity contribution in [1.29, 1.82) is 0 Å². The smallest absolute Gasteiger partial charge is 0.226 e. The van der Waals surface area contributed by atoms with Crippen molar-refractivity contribution in [2.75, 3.05) is 26.2 Å². The number of nitrogens with one attached hydrogen (secondary N) is 2. The van der Waals surface area contributed by atoms with E-state index >= 15 is 0 Å². The van der Waals surface area contributed by atoms with Crippen LogP contribution in [0, 0.1) is 10.8 Å². The molecule has 0 bridgehead atoms. The fourth-order valence-corrected chi connectivity index (χ4v) is 2.47. The van der Waals surface area contributed by atoms with E-state index in [1.54, 1.807) is 0 Å². The molecule has 18 heavy (non-hydrogen) atoms. The number of hydrogen-bond donors (Lipinski definition) is 3. The van der Waals surface area contributed by atoms with Gasteiger partial charge in [-0.15, -0.1) is 0 Å². The summed E-state index contributed by atoms with van der Waals surface area (Å²) in [6.07, 6.45) is 3.56. The van der Waals surface area contributed by atoms with Gasteiger partial charge in [0.15, 0.2) is 0 Å². The molecule has 0 spiro atoms. The lowest BCUT2D eigenvalue weighted by Gasteiger charge is -2.35. The molecule has 1 amide bonds. The Bertz CT molecular complexity index is 261. The van der Waals surface area contributed by atoms with E-state index in [2.05, 4.69) is 24.5 Å². The highest BCUT2D eigenvalue weighted by Crippen LogP contribution is 2.29. The number of carbonyl (C=O) groups excluding carboxylic acids is 1. The molecule has 0 atom stereocenters. The van der Waals surface area contributed by atoms with Gasteiger partial charge in [-0.25, -0.2) is 0 Å². The first-order valence-electron chi connectivity index (χ1n) is 7.12. The molecule has 1 heterocycles. The largest absolute Gasteiger partial charge is 0.396 e. The van der Waals surface area contributed by atoms with Crippen LogP contribution in [0.25, 0.3) is 0 Å². The molecule has 0 aromatic heterocycles. The summed E-state index contributed by atoms with van der Waals surface area (Å²) < 4.78 is 0. The standard InChI is InChI=1S/C14H28N2O2/c1-4-14(5-2,11-17)10-16-12(18)13(3)6-8-15-9-7-13/h15,17H,4-11H2,1-3H3,(H,16,18). The number of amides is 1. The Kier molecular flexibility index (Phi) is 5.60. The molecule has 0 aliphatic carbocycles. The fourth-order valence-electron chi connectivity index (χ4n) is 2.47. The van der Waals surface area contributed by atoms with Gasteiger partial charge in [0.1, 0.15) is 0 Å². The molecule has 3 N–H and O–H groups in total. The van der Waals surface area contributed by atoms with Crippen molar-refractivity contribution in [3.05, 3.63) is 0 Å². The minimum atomic E-state index is -0.242. The van der Waals surface area contributed by atoms with Crippen LogP contribution < -0.4 is 10.6 Å². The van der Waals surface area contributed by atoms with Crippen molar-refractivity contribution in [3.8, 4) is 0 Å². The average molecular weight is 256 g/mol. The van der Waals surface area contributed by atoms with E-state index < -0.39 is 0 Å².